The molecule has 0 aliphatic carbocycles. The number of hydrogen-bond donors (Lipinski definition) is 2. The van der Waals surface area contributed by atoms with Crippen LogP contribution in [0.15, 0.2) is 0 Å². The molecular formula is C22H36ClF2N3O4Si. The molecule has 3 atom stereocenters. The third-order valence-corrected chi connectivity index (χ3v) is 8.12. The number of aromatic nitrogens is 1. The van der Waals surface area contributed by atoms with E-state index in [1.54, 1.807) is 27.7 Å². The zero-order valence-corrected chi connectivity index (χ0v) is 22.2. The highest BCUT2D eigenvalue weighted by molar-refractivity contribution is 6.76. The maximum atomic E-state index is 15.5. The van der Waals surface area contributed by atoms with Crippen molar-refractivity contribution in [2.24, 2.45) is 5.41 Å². The largest absolute Gasteiger partial charge is 0.465 e. The first-order valence-corrected chi connectivity index (χ1v) is 15.2. The van der Waals surface area contributed by atoms with Crippen LogP contribution in [0.3, 0.4) is 0 Å². The number of likely N-dealkylation sites (tertiary alicyclic amines) is 1. The van der Waals surface area contributed by atoms with Crippen LogP contribution in [-0.4, -0.2) is 66.1 Å². The fraction of sp³-hybridized carbons (Fsp3) is 0.727. The Balaban J connectivity index is 2.22. The van der Waals surface area contributed by atoms with Crippen molar-refractivity contribution in [3.8, 4) is 0 Å². The first-order valence-electron chi connectivity index (χ1n) is 11.1. The van der Waals surface area contributed by atoms with Gasteiger partial charge in [-0.25, -0.2) is 13.6 Å². The Morgan fingerprint density at radius 2 is 1.91 bits per heavy atom. The number of ether oxygens (including phenoxy) is 1. The zero-order valence-electron chi connectivity index (χ0n) is 20.5. The molecule has 33 heavy (non-hydrogen) atoms. The lowest BCUT2D eigenvalue weighted by Crippen LogP contribution is -2.63. The molecule has 1 aliphatic heterocycles. The van der Waals surface area contributed by atoms with Gasteiger partial charge < -0.3 is 24.6 Å². The van der Waals surface area contributed by atoms with E-state index in [0.29, 0.717) is 12.3 Å². The monoisotopic (exact) mass is 507 g/mol. The van der Waals surface area contributed by atoms with Crippen LogP contribution in [0.5, 0.6) is 0 Å². The third kappa shape index (κ3) is 6.48. The number of amides is 2. The number of alkyl halides is 1. The van der Waals surface area contributed by atoms with Crippen molar-refractivity contribution in [1.29, 1.82) is 0 Å². The Labute approximate surface area is 200 Å². The molecule has 2 N–H and O–H groups in total. The van der Waals surface area contributed by atoms with Gasteiger partial charge in [-0.2, -0.15) is 0 Å². The molecule has 1 fully saturated rings. The van der Waals surface area contributed by atoms with E-state index in [4.69, 9.17) is 16.3 Å². The second kappa shape index (κ2) is 10.3. The normalized spacial score (nSPS) is 21.9. The summed E-state index contributed by atoms with van der Waals surface area (Å²) in [5.41, 5.74) is -0.667. The van der Waals surface area contributed by atoms with Gasteiger partial charge in [0.25, 0.3) is 5.91 Å². The summed E-state index contributed by atoms with van der Waals surface area (Å²) >= 11 is 6.07. The molecule has 1 aliphatic rings. The number of rotatable bonds is 7. The molecule has 2 rings (SSSR count). The van der Waals surface area contributed by atoms with E-state index in [-0.39, 0.29) is 30.4 Å². The van der Waals surface area contributed by atoms with Gasteiger partial charge in [-0.15, -0.1) is 0 Å². The van der Waals surface area contributed by atoms with E-state index in [1.165, 1.54) is 4.57 Å². The minimum absolute atomic E-state index is 0.0518. The van der Waals surface area contributed by atoms with Crippen molar-refractivity contribution in [3.05, 3.63) is 22.2 Å². The summed E-state index contributed by atoms with van der Waals surface area (Å²) in [5, 5.41) is 11.9. The average Bonchev–Trinajstić information content (AvgIpc) is 2.88. The van der Waals surface area contributed by atoms with Crippen LogP contribution in [0.2, 0.25) is 30.7 Å². The Morgan fingerprint density at radius 1 is 1.30 bits per heavy atom. The van der Waals surface area contributed by atoms with Crippen molar-refractivity contribution < 1.29 is 28.2 Å². The maximum Gasteiger partial charge on any atom is 0.407 e. The van der Waals surface area contributed by atoms with E-state index in [2.05, 4.69) is 25.0 Å². The van der Waals surface area contributed by atoms with Gasteiger partial charge in [-0.3, -0.25) is 4.79 Å². The Morgan fingerprint density at radius 3 is 2.42 bits per heavy atom. The van der Waals surface area contributed by atoms with E-state index in [0.717, 1.165) is 10.9 Å². The summed E-state index contributed by atoms with van der Waals surface area (Å²) in [4.78, 5) is 25.7. The molecule has 7 nitrogen and oxygen atoms in total. The molecule has 1 saturated heterocycles. The minimum Gasteiger partial charge on any atom is -0.465 e. The van der Waals surface area contributed by atoms with Gasteiger partial charge in [0.2, 0.25) is 0 Å². The Hall–Kier alpha value is -1.65. The van der Waals surface area contributed by atoms with E-state index in [1.807, 2.05) is 0 Å². The molecule has 0 saturated carbocycles. The number of carboxylic acid groups (broad SMARTS) is 1. The number of halogens is 3. The lowest BCUT2D eigenvalue weighted by Gasteiger charge is -2.46. The SMILES string of the molecule is Cc1c(Cl)c(F)c(C(=O)N[C@@H]2CCN(C(=O)O)C(C(C)(C)C)[C@H]2F)n1COCC[Si](C)(C)C. The van der Waals surface area contributed by atoms with Crippen LogP contribution in [0.4, 0.5) is 13.6 Å². The molecule has 0 spiro atoms. The topological polar surface area (TPSA) is 83.8 Å². The molecule has 2 heterocycles. The quantitative estimate of drug-likeness (QED) is 0.395. The van der Waals surface area contributed by atoms with Gasteiger partial charge in [0.05, 0.1) is 17.1 Å². The predicted octanol–water partition coefficient (Wildman–Crippen LogP) is 5.14. The van der Waals surface area contributed by atoms with Crippen molar-refractivity contribution >= 4 is 31.7 Å². The van der Waals surface area contributed by atoms with Gasteiger partial charge in [0, 0.05) is 26.9 Å². The Kier molecular flexibility index (Phi) is 8.62. The van der Waals surface area contributed by atoms with Crippen LogP contribution in [0, 0.1) is 18.2 Å². The van der Waals surface area contributed by atoms with Crippen molar-refractivity contribution in [2.75, 3.05) is 13.2 Å². The van der Waals surface area contributed by atoms with Crippen LogP contribution < -0.4 is 5.32 Å². The third-order valence-electron chi connectivity index (χ3n) is 5.98. The molecule has 0 radical (unpaired) electrons. The summed E-state index contributed by atoms with van der Waals surface area (Å²) in [6, 6.07) is -1.02. The highest BCUT2D eigenvalue weighted by atomic mass is 35.5. The molecule has 188 valence electrons. The summed E-state index contributed by atoms with van der Waals surface area (Å²) < 4.78 is 37.4. The van der Waals surface area contributed by atoms with E-state index in [9.17, 15) is 19.1 Å². The number of nitrogens with one attached hydrogen (secondary N) is 1. The molecule has 2 amide bonds. The fourth-order valence-electron chi connectivity index (χ4n) is 4.10. The molecule has 11 heteroatoms. The lowest BCUT2D eigenvalue weighted by atomic mass is 9.78. The average molecular weight is 508 g/mol. The smallest absolute Gasteiger partial charge is 0.407 e. The highest BCUT2D eigenvalue weighted by Crippen LogP contribution is 2.34. The summed E-state index contributed by atoms with van der Waals surface area (Å²) in [6.07, 6.45) is -2.79. The van der Waals surface area contributed by atoms with Gasteiger partial charge in [-0.1, -0.05) is 52.0 Å². The second-order valence-corrected chi connectivity index (χ2v) is 16.9. The van der Waals surface area contributed by atoms with Crippen molar-refractivity contribution in [3.63, 3.8) is 0 Å². The van der Waals surface area contributed by atoms with Crippen LogP contribution in [-0.2, 0) is 11.5 Å². The molecule has 1 unspecified atom stereocenters. The summed E-state index contributed by atoms with van der Waals surface area (Å²) in [5.74, 6) is -1.69. The zero-order chi connectivity index (χ0) is 25.3. The number of carbonyl (C=O) groups is 2. The maximum absolute atomic E-state index is 15.5. The number of carbonyl (C=O) groups excluding carboxylic acids is 1. The van der Waals surface area contributed by atoms with Crippen LogP contribution >= 0.6 is 11.6 Å². The van der Waals surface area contributed by atoms with E-state index < -0.39 is 49.6 Å². The fourth-order valence-corrected chi connectivity index (χ4v) is 5.05. The minimum atomic E-state index is -1.66. The highest BCUT2D eigenvalue weighted by Gasteiger charge is 2.47. The number of piperidine rings is 1. The molecule has 1 aromatic heterocycles. The van der Waals surface area contributed by atoms with Gasteiger partial charge >= 0.3 is 6.09 Å². The number of nitrogens with zero attached hydrogens (tertiary/aromatic N) is 2. The van der Waals surface area contributed by atoms with Crippen molar-refractivity contribution in [1.82, 2.24) is 14.8 Å². The van der Waals surface area contributed by atoms with Crippen molar-refractivity contribution in [2.45, 2.75) is 84.8 Å². The first-order chi connectivity index (χ1) is 15.1. The second-order valence-electron chi connectivity index (χ2n) is 10.9. The van der Waals surface area contributed by atoms with E-state index >= 15 is 4.39 Å². The molecule has 0 bridgehead atoms. The first kappa shape index (κ1) is 27.6. The van der Waals surface area contributed by atoms with Gasteiger partial charge in [-0.05, 0) is 24.8 Å². The standard InChI is InChI=1S/C22H36ClF2N3O4Si/c1-13-15(23)17(25)18(28(13)12-32-10-11-33(5,6)7)20(29)26-14-8-9-27(21(30)31)19(16(14)24)22(2,3)4/h14,16,19H,8-12H2,1-7H3,(H,26,29)(H,30,31)/t14-,16+,19?/m1/s1. The molecule has 0 aromatic carbocycles. The van der Waals surface area contributed by atoms with Crippen LogP contribution in [0.1, 0.15) is 43.4 Å². The summed E-state index contributed by atoms with van der Waals surface area (Å²) in [7, 11) is -1.32. The Bertz CT molecular complexity index is 882. The molecular weight excluding hydrogens is 472 g/mol. The van der Waals surface area contributed by atoms with Gasteiger partial charge in [0.15, 0.2) is 5.82 Å². The predicted molar refractivity (Wildman–Crippen MR) is 127 cm³/mol. The molecule has 1 aromatic rings. The van der Waals surface area contributed by atoms with Crippen LogP contribution in [0.25, 0.3) is 0 Å². The van der Waals surface area contributed by atoms with Gasteiger partial charge in [0.1, 0.15) is 18.6 Å². The number of hydrogen-bond acceptors (Lipinski definition) is 3. The lowest BCUT2D eigenvalue weighted by molar-refractivity contribution is -0.00860. The summed E-state index contributed by atoms with van der Waals surface area (Å²) in [6.45, 7) is 13.9.